The van der Waals surface area contributed by atoms with E-state index in [1.165, 1.54) is 21.3 Å². The average Bonchev–Trinajstić information content (AvgIpc) is 2.35. The molecule has 0 unspecified atom stereocenters. The van der Waals surface area contributed by atoms with E-state index in [0.717, 1.165) is 18.2 Å². The van der Waals surface area contributed by atoms with Crippen molar-refractivity contribution < 1.29 is 23.0 Å². The highest BCUT2D eigenvalue weighted by Gasteiger charge is 2.29. The predicted octanol–water partition coefficient (Wildman–Crippen LogP) is 2.49. The van der Waals surface area contributed by atoms with Gasteiger partial charge in [-0.15, -0.1) is 0 Å². The van der Waals surface area contributed by atoms with E-state index in [1.807, 2.05) is 0 Å². The molecule has 0 radical (unpaired) electrons. The summed E-state index contributed by atoms with van der Waals surface area (Å²) in [5.41, 5.74) is 0.264. The van der Waals surface area contributed by atoms with Gasteiger partial charge in [0.1, 0.15) is 11.6 Å². The standard InChI is InChI=1S/C12H16F2O3/c1-15-12(16-2,17-3)7-6-9-8-10(13)4-5-11(9)14/h4-5,8H,6-7H2,1-3H3. The Balaban J connectivity index is 2.75. The molecule has 0 atom stereocenters. The van der Waals surface area contributed by atoms with Crippen molar-refractivity contribution in [1.29, 1.82) is 0 Å². The number of rotatable bonds is 6. The van der Waals surface area contributed by atoms with Crippen LogP contribution in [-0.2, 0) is 20.6 Å². The molecule has 0 N–H and O–H groups in total. The fourth-order valence-corrected chi connectivity index (χ4v) is 1.58. The molecule has 0 heterocycles. The van der Waals surface area contributed by atoms with Gasteiger partial charge >= 0.3 is 0 Å². The van der Waals surface area contributed by atoms with Gasteiger partial charge in [0.15, 0.2) is 0 Å². The zero-order valence-electron chi connectivity index (χ0n) is 10.1. The minimum Gasteiger partial charge on any atom is -0.331 e. The maximum Gasteiger partial charge on any atom is 0.282 e. The van der Waals surface area contributed by atoms with E-state index < -0.39 is 17.6 Å². The number of methoxy groups -OCH3 is 3. The van der Waals surface area contributed by atoms with E-state index in [4.69, 9.17) is 14.2 Å². The van der Waals surface area contributed by atoms with Crippen molar-refractivity contribution in [3.63, 3.8) is 0 Å². The normalized spacial score (nSPS) is 11.8. The smallest absolute Gasteiger partial charge is 0.282 e. The van der Waals surface area contributed by atoms with Crippen LogP contribution in [0, 0.1) is 11.6 Å². The highest BCUT2D eigenvalue weighted by molar-refractivity contribution is 5.18. The second-order valence-corrected chi connectivity index (χ2v) is 3.53. The van der Waals surface area contributed by atoms with Crippen LogP contribution in [0.15, 0.2) is 18.2 Å². The topological polar surface area (TPSA) is 27.7 Å². The molecule has 0 aliphatic heterocycles. The van der Waals surface area contributed by atoms with Crippen molar-refractivity contribution in [3.05, 3.63) is 35.4 Å². The summed E-state index contributed by atoms with van der Waals surface area (Å²) in [5.74, 6) is -2.15. The summed E-state index contributed by atoms with van der Waals surface area (Å²) in [6.45, 7) is 0. The zero-order chi connectivity index (χ0) is 12.9. The van der Waals surface area contributed by atoms with E-state index in [-0.39, 0.29) is 18.4 Å². The average molecular weight is 246 g/mol. The second kappa shape index (κ2) is 6.05. The van der Waals surface area contributed by atoms with Gasteiger partial charge in [-0.25, -0.2) is 8.78 Å². The van der Waals surface area contributed by atoms with E-state index in [1.54, 1.807) is 0 Å². The molecule has 0 amide bonds. The molecule has 1 aromatic rings. The van der Waals surface area contributed by atoms with Gasteiger partial charge in [-0.1, -0.05) is 0 Å². The van der Waals surface area contributed by atoms with Crippen LogP contribution < -0.4 is 0 Å². The molecule has 0 aliphatic carbocycles. The molecule has 17 heavy (non-hydrogen) atoms. The van der Waals surface area contributed by atoms with Gasteiger partial charge in [0.05, 0.1) is 0 Å². The summed E-state index contributed by atoms with van der Waals surface area (Å²) in [6.07, 6.45) is 0.510. The minimum absolute atomic E-state index is 0.249. The third-order valence-electron chi connectivity index (χ3n) is 2.64. The van der Waals surface area contributed by atoms with E-state index >= 15 is 0 Å². The number of aryl methyl sites for hydroxylation is 1. The molecule has 96 valence electrons. The number of hydrogen-bond acceptors (Lipinski definition) is 3. The Morgan fingerprint density at radius 2 is 1.65 bits per heavy atom. The first-order valence-corrected chi connectivity index (χ1v) is 5.16. The number of ether oxygens (including phenoxy) is 3. The summed E-state index contributed by atoms with van der Waals surface area (Å²) in [5, 5.41) is 0. The van der Waals surface area contributed by atoms with Crippen LogP contribution in [-0.4, -0.2) is 27.3 Å². The van der Waals surface area contributed by atoms with Gasteiger partial charge in [0, 0.05) is 27.8 Å². The Morgan fingerprint density at radius 1 is 1.06 bits per heavy atom. The third-order valence-corrected chi connectivity index (χ3v) is 2.64. The van der Waals surface area contributed by atoms with Crippen LogP contribution >= 0.6 is 0 Å². The Bertz CT molecular complexity index is 357. The Kier molecular flexibility index (Phi) is 4.99. The summed E-state index contributed by atoms with van der Waals surface area (Å²) < 4.78 is 41.5. The van der Waals surface area contributed by atoms with Crippen LogP contribution in [0.5, 0.6) is 0 Å². The van der Waals surface area contributed by atoms with Gasteiger partial charge in [0.25, 0.3) is 5.97 Å². The van der Waals surface area contributed by atoms with Crippen LogP contribution in [0.2, 0.25) is 0 Å². The van der Waals surface area contributed by atoms with Crippen molar-refractivity contribution in [2.24, 2.45) is 0 Å². The number of hydrogen-bond donors (Lipinski definition) is 0. The van der Waals surface area contributed by atoms with E-state index in [2.05, 4.69) is 0 Å². The van der Waals surface area contributed by atoms with E-state index in [9.17, 15) is 8.78 Å². The lowest BCUT2D eigenvalue weighted by Gasteiger charge is -2.28. The van der Waals surface area contributed by atoms with Crippen LogP contribution in [0.4, 0.5) is 8.78 Å². The molecular weight excluding hydrogens is 230 g/mol. The largest absolute Gasteiger partial charge is 0.331 e. The first-order chi connectivity index (χ1) is 8.06. The Hall–Kier alpha value is -1.04. The lowest BCUT2D eigenvalue weighted by Crippen LogP contribution is -2.36. The maximum atomic E-state index is 13.4. The summed E-state index contributed by atoms with van der Waals surface area (Å²) in [6, 6.07) is 3.33. The number of halogens is 2. The molecule has 0 saturated carbocycles. The molecule has 0 fully saturated rings. The fraction of sp³-hybridized carbons (Fsp3) is 0.500. The van der Waals surface area contributed by atoms with Crippen molar-refractivity contribution in [2.75, 3.05) is 21.3 Å². The molecule has 5 heteroatoms. The SMILES string of the molecule is COC(CCc1cc(F)ccc1F)(OC)OC. The van der Waals surface area contributed by atoms with Crippen molar-refractivity contribution >= 4 is 0 Å². The molecule has 1 rings (SSSR count). The summed E-state index contributed by atoms with van der Waals surface area (Å²) in [4.78, 5) is 0. The Labute approximate surface area is 99.3 Å². The van der Waals surface area contributed by atoms with Crippen LogP contribution in [0.1, 0.15) is 12.0 Å². The lowest BCUT2D eigenvalue weighted by atomic mass is 10.1. The predicted molar refractivity (Wildman–Crippen MR) is 58.4 cm³/mol. The highest BCUT2D eigenvalue weighted by Crippen LogP contribution is 2.21. The summed E-state index contributed by atoms with van der Waals surface area (Å²) >= 11 is 0. The lowest BCUT2D eigenvalue weighted by molar-refractivity contribution is -0.354. The minimum atomic E-state index is -1.22. The molecular formula is C12H16F2O3. The molecule has 0 bridgehead atoms. The van der Waals surface area contributed by atoms with E-state index in [0.29, 0.717) is 0 Å². The van der Waals surface area contributed by atoms with Gasteiger partial charge in [0.2, 0.25) is 0 Å². The van der Waals surface area contributed by atoms with Crippen molar-refractivity contribution in [2.45, 2.75) is 18.8 Å². The maximum absolute atomic E-state index is 13.4. The molecule has 0 aliphatic rings. The van der Waals surface area contributed by atoms with Gasteiger partial charge in [-0.05, 0) is 30.2 Å². The second-order valence-electron chi connectivity index (χ2n) is 3.53. The molecule has 3 nitrogen and oxygen atoms in total. The highest BCUT2D eigenvalue weighted by atomic mass is 19.1. The third kappa shape index (κ3) is 3.46. The molecule has 0 saturated heterocycles. The number of benzene rings is 1. The van der Waals surface area contributed by atoms with Crippen LogP contribution in [0.3, 0.4) is 0 Å². The molecule has 0 spiro atoms. The monoisotopic (exact) mass is 246 g/mol. The fourth-order valence-electron chi connectivity index (χ4n) is 1.58. The van der Waals surface area contributed by atoms with Gasteiger partial charge in [-0.2, -0.15) is 0 Å². The first kappa shape index (κ1) is 14.0. The van der Waals surface area contributed by atoms with Crippen LogP contribution in [0.25, 0.3) is 0 Å². The van der Waals surface area contributed by atoms with Crippen molar-refractivity contribution in [3.8, 4) is 0 Å². The zero-order valence-corrected chi connectivity index (χ0v) is 10.1. The molecule has 0 aromatic heterocycles. The Morgan fingerprint density at radius 3 is 2.18 bits per heavy atom. The van der Waals surface area contributed by atoms with Gasteiger partial charge in [-0.3, -0.25) is 0 Å². The van der Waals surface area contributed by atoms with Gasteiger partial charge < -0.3 is 14.2 Å². The van der Waals surface area contributed by atoms with Crippen molar-refractivity contribution in [1.82, 2.24) is 0 Å². The molecule has 1 aromatic carbocycles. The first-order valence-electron chi connectivity index (χ1n) is 5.16. The summed E-state index contributed by atoms with van der Waals surface area (Å²) in [7, 11) is 4.28. The quantitative estimate of drug-likeness (QED) is 0.722.